The minimum Gasteiger partial charge on any atom is -0.224 e. The standard InChI is InChI=1S/C14H19BrO2S/c1-3-8-14(2,10-15)12-9-18(16,17)13-7-5-4-6-11(12)13/h4-7,12H,3,8-10H2,1-2H3. The van der Waals surface area contributed by atoms with Gasteiger partial charge >= 0.3 is 0 Å². The Balaban J connectivity index is 2.50. The van der Waals surface area contributed by atoms with Gasteiger partial charge in [-0.05, 0) is 23.5 Å². The normalized spacial score (nSPS) is 24.5. The van der Waals surface area contributed by atoms with Gasteiger partial charge < -0.3 is 0 Å². The van der Waals surface area contributed by atoms with Crippen LogP contribution in [0.3, 0.4) is 0 Å². The van der Waals surface area contributed by atoms with Crippen LogP contribution in [-0.2, 0) is 9.84 Å². The molecule has 1 heterocycles. The number of halogens is 1. The molecule has 1 aromatic carbocycles. The Kier molecular flexibility index (Phi) is 3.88. The van der Waals surface area contributed by atoms with Gasteiger partial charge in [-0.25, -0.2) is 8.42 Å². The van der Waals surface area contributed by atoms with Gasteiger partial charge in [0.25, 0.3) is 0 Å². The summed E-state index contributed by atoms with van der Waals surface area (Å²) in [7, 11) is -3.09. The summed E-state index contributed by atoms with van der Waals surface area (Å²) < 4.78 is 24.4. The van der Waals surface area contributed by atoms with Crippen LogP contribution in [0.25, 0.3) is 0 Å². The average molecular weight is 331 g/mol. The van der Waals surface area contributed by atoms with Gasteiger partial charge in [-0.15, -0.1) is 0 Å². The monoisotopic (exact) mass is 330 g/mol. The van der Waals surface area contributed by atoms with Crippen LogP contribution in [0.2, 0.25) is 0 Å². The molecular formula is C14H19BrO2S. The smallest absolute Gasteiger partial charge is 0.179 e. The van der Waals surface area contributed by atoms with Crippen LogP contribution in [0.1, 0.15) is 38.2 Å². The van der Waals surface area contributed by atoms with Gasteiger partial charge in [0.2, 0.25) is 0 Å². The van der Waals surface area contributed by atoms with Gasteiger partial charge in [0, 0.05) is 11.2 Å². The topological polar surface area (TPSA) is 34.1 Å². The maximum absolute atomic E-state index is 12.2. The molecule has 100 valence electrons. The van der Waals surface area contributed by atoms with Crippen molar-refractivity contribution in [2.75, 3.05) is 11.1 Å². The Morgan fingerprint density at radius 1 is 1.39 bits per heavy atom. The van der Waals surface area contributed by atoms with E-state index in [1.165, 1.54) is 0 Å². The van der Waals surface area contributed by atoms with Crippen molar-refractivity contribution in [1.82, 2.24) is 0 Å². The third-order valence-corrected chi connectivity index (χ3v) is 7.08. The predicted octanol–water partition coefficient (Wildman–Crippen LogP) is 3.76. The van der Waals surface area contributed by atoms with Gasteiger partial charge in [-0.1, -0.05) is 54.4 Å². The Morgan fingerprint density at radius 2 is 2.06 bits per heavy atom. The number of benzene rings is 1. The first-order chi connectivity index (χ1) is 8.44. The molecule has 0 saturated carbocycles. The molecular weight excluding hydrogens is 312 g/mol. The summed E-state index contributed by atoms with van der Waals surface area (Å²) in [5.41, 5.74) is 1.02. The lowest BCUT2D eigenvalue weighted by Crippen LogP contribution is -2.28. The van der Waals surface area contributed by atoms with E-state index in [0.717, 1.165) is 23.7 Å². The van der Waals surface area contributed by atoms with Crippen molar-refractivity contribution >= 4 is 25.8 Å². The van der Waals surface area contributed by atoms with Crippen LogP contribution < -0.4 is 0 Å². The largest absolute Gasteiger partial charge is 0.224 e. The molecule has 0 radical (unpaired) electrons. The van der Waals surface area contributed by atoms with Crippen LogP contribution in [-0.4, -0.2) is 19.5 Å². The van der Waals surface area contributed by atoms with E-state index in [2.05, 4.69) is 29.8 Å². The Bertz CT molecular complexity index is 538. The Labute approximate surface area is 118 Å². The Morgan fingerprint density at radius 3 is 2.67 bits per heavy atom. The minimum atomic E-state index is -3.09. The Hall–Kier alpha value is -0.350. The summed E-state index contributed by atoms with van der Waals surface area (Å²) in [5.74, 6) is 0.368. The van der Waals surface area contributed by atoms with Crippen LogP contribution in [0.15, 0.2) is 29.2 Å². The van der Waals surface area contributed by atoms with E-state index >= 15 is 0 Å². The molecule has 0 aliphatic carbocycles. The molecule has 2 rings (SSSR count). The number of alkyl halides is 1. The molecule has 0 bridgehead atoms. The lowest BCUT2D eigenvalue weighted by atomic mass is 9.73. The highest BCUT2D eigenvalue weighted by Gasteiger charge is 2.43. The average Bonchev–Trinajstić information content (AvgIpc) is 2.63. The van der Waals surface area contributed by atoms with E-state index in [0.29, 0.717) is 4.90 Å². The molecule has 0 fully saturated rings. The van der Waals surface area contributed by atoms with Crippen molar-refractivity contribution in [3.05, 3.63) is 29.8 Å². The summed E-state index contributed by atoms with van der Waals surface area (Å²) in [6.45, 7) is 4.34. The quantitative estimate of drug-likeness (QED) is 0.787. The van der Waals surface area contributed by atoms with Crippen molar-refractivity contribution in [3.63, 3.8) is 0 Å². The van der Waals surface area contributed by atoms with Gasteiger partial charge in [-0.2, -0.15) is 0 Å². The van der Waals surface area contributed by atoms with E-state index in [-0.39, 0.29) is 17.1 Å². The van der Waals surface area contributed by atoms with Crippen LogP contribution in [0.5, 0.6) is 0 Å². The van der Waals surface area contributed by atoms with Gasteiger partial charge in [0.1, 0.15) is 0 Å². The van der Waals surface area contributed by atoms with Crippen LogP contribution in [0.4, 0.5) is 0 Å². The molecule has 0 spiro atoms. The summed E-state index contributed by atoms with van der Waals surface area (Å²) in [6.07, 6.45) is 2.10. The molecule has 18 heavy (non-hydrogen) atoms. The second-order valence-electron chi connectivity index (χ2n) is 5.41. The number of hydrogen-bond acceptors (Lipinski definition) is 2. The molecule has 4 heteroatoms. The van der Waals surface area contributed by atoms with E-state index in [1.54, 1.807) is 6.07 Å². The third-order valence-electron chi connectivity index (χ3n) is 3.98. The van der Waals surface area contributed by atoms with Gasteiger partial charge in [0.15, 0.2) is 9.84 Å². The van der Waals surface area contributed by atoms with Crippen molar-refractivity contribution in [3.8, 4) is 0 Å². The molecule has 2 atom stereocenters. The first-order valence-corrected chi connectivity index (χ1v) is 9.09. The molecule has 1 aliphatic heterocycles. The zero-order valence-corrected chi connectivity index (χ0v) is 13.2. The highest BCUT2D eigenvalue weighted by molar-refractivity contribution is 9.09. The first kappa shape index (κ1) is 14.1. The van der Waals surface area contributed by atoms with Crippen molar-refractivity contribution in [2.45, 2.75) is 37.5 Å². The zero-order chi connectivity index (χ0) is 13.4. The summed E-state index contributed by atoms with van der Waals surface area (Å²) >= 11 is 3.58. The van der Waals surface area contributed by atoms with Crippen molar-refractivity contribution in [1.29, 1.82) is 0 Å². The van der Waals surface area contributed by atoms with Crippen molar-refractivity contribution in [2.24, 2.45) is 5.41 Å². The molecule has 2 unspecified atom stereocenters. The van der Waals surface area contributed by atoms with E-state index in [9.17, 15) is 8.42 Å². The summed E-state index contributed by atoms with van der Waals surface area (Å²) in [5, 5.41) is 0.836. The zero-order valence-electron chi connectivity index (χ0n) is 10.8. The maximum atomic E-state index is 12.2. The third kappa shape index (κ3) is 2.25. The fourth-order valence-electron chi connectivity index (χ4n) is 2.93. The fraction of sp³-hybridized carbons (Fsp3) is 0.571. The predicted molar refractivity (Wildman–Crippen MR) is 78.0 cm³/mol. The molecule has 0 saturated heterocycles. The molecule has 0 amide bonds. The molecule has 0 aromatic heterocycles. The molecule has 0 N–H and O–H groups in total. The second-order valence-corrected chi connectivity index (χ2v) is 7.97. The van der Waals surface area contributed by atoms with Gasteiger partial charge in [0.05, 0.1) is 10.6 Å². The van der Waals surface area contributed by atoms with Crippen molar-refractivity contribution < 1.29 is 8.42 Å². The number of fused-ring (bicyclic) bond motifs is 1. The lowest BCUT2D eigenvalue weighted by molar-refractivity contribution is 0.287. The second kappa shape index (κ2) is 4.97. The van der Waals surface area contributed by atoms with E-state index < -0.39 is 9.84 Å². The fourth-order valence-corrected chi connectivity index (χ4v) is 5.66. The molecule has 1 aromatic rings. The highest BCUT2D eigenvalue weighted by Crippen LogP contribution is 2.48. The number of sulfone groups is 1. The maximum Gasteiger partial charge on any atom is 0.179 e. The highest BCUT2D eigenvalue weighted by atomic mass is 79.9. The van der Waals surface area contributed by atoms with Gasteiger partial charge in [-0.3, -0.25) is 0 Å². The SMILES string of the molecule is CCCC(C)(CBr)C1CS(=O)(=O)c2ccccc21. The van der Waals surface area contributed by atoms with Crippen LogP contribution in [0, 0.1) is 5.41 Å². The van der Waals surface area contributed by atoms with E-state index in [4.69, 9.17) is 0 Å². The summed E-state index contributed by atoms with van der Waals surface area (Å²) in [4.78, 5) is 0.540. The lowest BCUT2D eigenvalue weighted by Gasteiger charge is -2.33. The first-order valence-electron chi connectivity index (χ1n) is 6.32. The number of hydrogen-bond donors (Lipinski definition) is 0. The minimum absolute atomic E-state index is 0.00836. The van der Waals surface area contributed by atoms with E-state index in [1.807, 2.05) is 18.2 Å². The summed E-state index contributed by atoms with van der Waals surface area (Å²) in [6, 6.07) is 7.46. The molecule has 1 aliphatic rings. The van der Waals surface area contributed by atoms with Crippen LogP contribution >= 0.6 is 15.9 Å². The molecule has 2 nitrogen and oxygen atoms in total. The number of rotatable bonds is 4.